The Balaban J connectivity index is 3.25. The van der Waals surface area contributed by atoms with E-state index in [-0.39, 0.29) is 5.78 Å². The number of hydrogen-bond acceptors (Lipinski definition) is 2. The van der Waals surface area contributed by atoms with Crippen molar-refractivity contribution in [3.05, 3.63) is 0 Å². The second kappa shape index (κ2) is 8.42. The highest BCUT2D eigenvalue weighted by Gasteiger charge is 2.00. The van der Waals surface area contributed by atoms with E-state index in [0.29, 0.717) is 12.2 Å². The van der Waals surface area contributed by atoms with Crippen LogP contribution >= 0.6 is 0 Å². The molecule has 0 aliphatic carbocycles. The molecule has 0 heterocycles. The van der Waals surface area contributed by atoms with Crippen molar-refractivity contribution in [2.45, 2.75) is 46.0 Å². The molecular formula is C10H20O2S. The summed E-state index contributed by atoms with van der Waals surface area (Å²) in [4.78, 5) is 10.6. The van der Waals surface area contributed by atoms with Gasteiger partial charge in [0.2, 0.25) is 0 Å². The van der Waals surface area contributed by atoms with Gasteiger partial charge in [-0.1, -0.05) is 19.8 Å². The van der Waals surface area contributed by atoms with Gasteiger partial charge in [-0.25, -0.2) is 0 Å². The fraction of sp³-hybridized carbons (Fsp3) is 0.900. The fourth-order valence-corrected chi connectivity index (χ4v) is 2.29. The summed E-state index contributed by atoms with van der Waals surface area (Å²) >= 11 is 0. The molecule has 0 rings (SSSR count). The SMILES string of the molecule is CCCCCS(=O)CCCC(C)=O. The van der Waals surface area contributed by atoms with Crippen LogP contribution in [0, 0.1) is 0 Å². The van der Waals surface area contributed by atoms with E-state index in [1.165, 1.54) is 12.8 Å². The Morgan fingerprint density at radius 1 is 1.15 bits per heavy atom. The van der Waals surface area contributed by atoms with E-state index in [2.05, 4.69) is 6.92 Å². The van der Waals surface area contributed by atoms with Gasteiger partial charge in [0.25, 0.3) is 0 Å². The van der Waals surface area contributed by atoms with Crippen LogP contribution in [-0.4, -0.2) is 21.5 Å². The normalized spacial score (nSPS) is 12.8. The zero-order valence-corrected chi connectivity index (χ0v) is 9.49. The summed E-state index contributed by atoms with van der Waals surface area (Å²) in [5.41, 5.74) is 0. The summed E-state index contributed by atoms with van der Waals surface area (Å²) < 4.78 is 11.3. The third-order valence-electron chi connectivity index (χ3n) is 1.88. The maximum absolute atomic E-state index is 11.3. The second-order valence-electron chi connectivity index (χ2n) is 3.36. The Morgan fingerprint density at radius 2 is 1.77 bits per heavy atom. The van der Waals surface area contributed by atoms with Gasteiger partial charge >= 0.3 is 0 Å². The van der Waals surface area contributed by atoms with E-state index in [9.17, 15) is 9.00 Å². The minimum atomic E-state index is -0.690. The Labute approximate surface area is 83.6 Å². The van der Waals surface area contributed by atoms with Crippen LogP contribution in [0.2, 0.25) is 0 Å². The Bertz CT molecular complexity index is 166. The number of carbonyl (C=O) groups excluding carboxylic acids is 1. The Morgan fingerprint density at radius 3 is 2.31 bits per heavy atom. The molecule has 0 aromatic rings. The van der Waals surface area contributed by atoms with E-state index < -0.39 is 10.8 Å². The lowest BCUT2D eigenvalue weighted by atomic mass is 10.3. The van der Waals surface area contributed by atoms with Gasteiger partial charge in [0.05, 0.1) is 0 Å². The molecule has 0 amide bonds. The van der Waals surface area contributed by atoms with E-state index in [1.54, 1.807) is 6.92 Å². The van der Waals surface area contributed by atoms with Crippen LogP contribution in [-0.2, 0) is 15.6 Å². The first-order chi connectivity index (χ1) is 6.16. The van der Waals surface area contributed by atoms with Crippen molar-refractivity contribution in [2.75, 3.05) is 11.5 Å². The molecule has 13 heavy (non-hydrogen) atoms. The molecule has 0 saturated carbocycles. The van der Waals surface area contributed by atoms with Crippen LogP contribution in [0.5, 0.6) is 0 Å². The quantitative estimate of drug-likeness (QED) is 0.568. The van der Waals surface area contributed by atoms with Crippen LogP contribution in [0.15, 0.2) is 0 Å². The minimum absolute atomic E-state index is 0.200. The van der Waals surface area contributed by atoms with Crippen molar-refractivity contribution >= 4 is 16.6 Å². The fourth-order valence-electron chi connectivity index (χ4n) is 1.10. The molecule has 0 radical (unpaired) electrons. The van der Waals surface area contributed by atoms with Crippen molar-refractivity contribution in [3.8, 4) is 0 Å². The highest BCUT2D eigenvalue weighted by molar-refractivity contribution is 7.84. The Kier molecular flexibility index (Phi) is 8.30. The van der Waals surface area contributed by atoms with Gasteiger partial charge in [0.1, 0.15) is 5.78 Å². The van der Waals surface area contributed by atoms with Crippen LogP contribution in [0.4, 0.5) is 0 Å². The minimum Gasteiger partial charge on any atom is -0.300 e. The van der Waals surface area contributed by atoms with Crippen molar-refractivity contribution in [1.82, 2.24) is 0 Å². The lowest BCUT2D eigenvalue weighted by Gasteiger charge is -2.00. The molecule has 0 aliphatic rings. The first-order valence-corrected chi connectivity index (χ1v) is 6.50. The van der Waals surface area contributed by atoms with E-state index in [4.69, 9.17) is 0 Å². The molecule has 0 spiro atoms. The lowest BCUT2D eigenvalue weighted by molar-refractivity contribution is -0.117. The second-order valence-corrected chi connectivity index (χ2v) is 5.06. The van der Waals surface area contributed by atoms with Gasteiger partial charge in [0.15, 0.2) is 0 Å². The van der Waals surface area contributed by atoms with Gasteiger partial charge in [-0.2, -0.15) is 0 Å². The predicted molar refractivity (Wildman–Crippen MR) is 57.3 cm³/mol. The number of carbonyl (C=O) groups is 1. The zero-order chi connectivity index (χ0) is 10.1. The van der Waals surface area contributed by atoms with Crippen molar-refractivity contribution in [1.29, 1.82) is 0 Å². The number of ketones is 1. The molecule has 0 fully saturated rings. The van der Waals surface area contributed by atoms with Crippen LogP contribution < -0.4 is 0 Å². The summed E-state index contributed by atoms with van der Waals surface area (Å²) in [6, 6.07) is 0. The van der Waals surface area contributed by atoms with Gasteiger partial charge in [-0.15, -0.1) is 0 Å². The topological polar surface area (TPSA) is 34.1 Å². The highest BCUT2D eigenvalue weighted by atomic mass is 32.2. The average molecular weight is 204 g/mol. The summed E-state index contributed by atoms with van der Waals surface area (Å²) in [7, 11) is -0.690. The molecule has 0 N–H and O–H groups in total. The molecular weight excluding hydrogens is 184 g/mol. The number of Topliss-reactive ketones (excluding diaryl/α,β-unsaturated/α-hetero) is 1. The molecule has 1 atom stereocenters. The lowest BCUT2D eigenvalue weighted by Crippen LogP contribution is -2.04. The monoisotopic (exact) mass is 204 g/mol. The first kappa shape index (κ1) is 12.8. The summed E-state index contributed by atoms with van der Waals surface area (Å²) in [6.45, 7) is 3.72. The van der Waals surface area contributed by atoms with Crippen molar-refractivity contribution in [3.63, 3.8) is 0 Å². The highest BCUT2D eigenvalue weighted by Crippen LogP contribution is 1.99. The van der Waals surface area contributed by atoms with Gasteiger partial charge in [0, 0.05) is 28.7 Å². The van der Waals surface area contributed by atoms with Crippen molar-refractivity contribution in [2.24, 2.45) is 0 Å². The van der Waals surface area contributed by atoms with E-state index in [0.717, 1.165) is 18.6 Å². The third-order valence-corrected chi connectivity index (χ3v) is 3.36. The van der Waals surface area contributed by atoms with Crippen molar-refractivity contribution < 1.29 is 9.00 Å². The van der Waals surface area contributed by atoms with Gasteiger partial charge in [-0.3, -0.25) is 4.21 Å². The van der Waals surface area contributed by atoms with Crippen LogP contribution in [0.25, 0.3) is 0 Å². The molecule has 0 aromatic carbocycles. The molecule has 1 unspecified atom stereocenters. The molecule has 0 bridgehead atoms. The van der Waals surface area contributed by atoms with Gasteiger partial charge < -0.3 is 4.79 Å². The number of rotatable bonds is 8. The predicted octanol–water partition coefficient (Wildman–Crippen LogP) is 2.29. The molecule has 0 saturated heterocycles. The number of hydrogen-bond donors (Lipinski definition) is 0. The average Bonchev–Trinajstić information content (AvgIpc) is 2.04. The zero-order valence-electron chi connectivity index (χ0n) is 8.67. The maximum Gasteiger partial charge on any atom is 0.129 e. The third kappa shape index (κ3) is 9.74. The maximum atomic E-state index is 11.3. The van der Waals surface area contributed by atoms with Gasteiger partial charge in [-0.05, 0) is 19.8 Å². The van der Waals surface area contributed by atoms with E-state index in [1.807, 2.05) is 0 Å². The van der Waals surface area contributed by atoms with E-state index >= 15 is 0 Å². The molecule has 78 valence electrons. The summed E-state index contributed by atoms with van der Waals surface area (Å²) in [5, 5.41) is 0. The van der Waals surface area contributed by atoms with Crippen LogP contribution in [0.1, 0.15) is 46.0 Å². The first-order valence-electron chi connectivity index (χ1n) is 5.01. The Hall–Kier alpha value is -0.180. The molecule has 3 heteroatoms. The number of unbranched alkanes of at least 4 members (excludes halogenated alkanes) is 2. The smallest absolute Gasteiger partial charge is 0.129 e. The molecule has 2 nitrogen and oxygen atoms in total. The standard InChI is InChI=1S/C10H20O2S/c1-3-4-5-8-13(12)9-6-7-10(2)11/h3-9H2,1-2H3. The largest absolute Gasteiger partial charge is 0.300 e. The summed E-state index contributed by atoms with van der Waals surface area (Å²) in [5.74, 6) is 1.71. The van der Waals surface area contributed by atoms with Crippen LogP contribution in [0.3, 0.4) is 0 Å². The molecule has 0 aromatic heterocycles. The summed E-state index contributed by atoms with van der Waals surface area (Å²) in [6.07, 6.45) is 4.76. The molecule has 0 aliphatic heterocycles.